The van der Waals surface area contributed by atoms with Gasteiger partial charge < -0.3 is 5.32 Å². The number of amides is 1. The molecule has 2 aromatic rings. The molecule has 0 saturated heterocycles. The zero-order valence-corrected chi connectivity index (χ0v) is 19.8. The van der Waals surface area contributed by atoms with Crippen LogP contribution in [0.1, 0.15) is 38.1 Å². The number of carbonyl (C=O) groups is 1. The van der Waals surface area contributed by atoms with Crippen molar-refractivity contribution in [2.45, 2.75) is 44.7 Å². The third-order valence-corrected chi connectivity index (χ3v) is 6.66. The van der Waals surface area contributed by atoms with E-state index in [2.05, 4.69) is 42.6 Å². The van der Waals surface area contributed by atoms with Crippen LogP contribution in [0.15, 0.2) is 47.4 Å². The lowest BCUT2D eigenvalue weighted by atomic mass is 10.2. The van der Waals surface area contributed by atoms with Crippen molar-refractivity contribution in [2.24, 2.45) is 0 Å². The molecule has 0 aliphatic heterocycles. The van der Waals surface area contributed by atoms with Crippen LogP contribution in [0.5, 0.6) is 0 Å². The van der Waals surface area contributed by atoms with Gasteiger partial charge in [-0.05, 0) is 70.2 Å². The Morgan fingerprint density at radius 1 is 1.00 bits per heavy atom. The van der Waals surface area contributed by atoms with Gasteiger partial charge in [-0.1, -0.05) is 23.2 Å². The predicted octanol–water partition coefficient (Wildman–Crippen LogP) is 4.64. The van der Waals surface area contributed by atoms with E-state index in [-0.39, 0.29) is 20.8 Å². The molecule has 0 fully saturated rings. The minimum atomic E-state index is -3.91. The maximum Gasteiger partial charge on any atom is 0.263 e. The molecular formula is C21H27Cl2N3O3S. The molecule has 0 saturated carbocycles. The highest BCUT2D eigenvalue weighted by Crippen LogP contribution is 2.27. The summed E-state index contributed by atoms with van der Waals surface area (Å²) >= 11 is 11.9. The van der Waals surface area contributed by atoms with E-state index in [9.17, 15) is 13.2 Å². The van der Waals surface area contributed by atoms with E-state index < -0.39 is 10.0 Å². The number of carbonyl (C=O) groups excluding carboxylic acids is 1. The average Bonchev–Trinajstić information content (AvgIpc) is 2.66. The van der Waals surface area contributed by atoms with Gasteiger partial charge in [0.1, 0.15) is 4.90 Å². The number of benzene rings is 2. The molecule has 0 aliphatic rings. The van der Waals surface area contributed by atoms with Crippen LogP contribution >= 0.6 is 23.2 Å². The molecule has 0 heterocycles. The van der Waals surface area contributed by atoms with Crippen LogP contribution in [0.4, 0.5) is 5.69 Å². The lowest BCUT2D eigenvalue weighted by Gasteiger charge is -2.30. The Morgan fingerprint density at radius 3 is 2.17 bits per heavy atom. The van der Waals surface area contributed by atoms with E-state index in [1.165, 1.54) is 30.3 Å². The number of nitrogens with zero attached hydrogens (tertiary/aromatic N) is 1. The van der Waals surface area contributed by atoms with Crippen molar-refractivity contribution in [3.63, 3.8) is 0 Å². The molecule has 2 rings (SSSR count). The Balaban J connectivity index is 2.00. The van der Waals surface area contributed by atoms with Gasteiger partial charge in [0.25, 0.3) is 15.9 Å². The van der Waals surface area contributed by atoms with Gasteiger partial charge in [0.15, 0.2) is 0 Å². The first-order valence-corrected chi connectivity index (χ1v) is 11.9. The summed E-state index contributed by atoms with van der Waals surface area (Å²) in [6, 6.07) is 11.2. The third-order valence-electron chi connectivity index (χ3n) is 4.56. The van der Waals surface area contributed by atoms with Crippen molar-refractivity contribution >= 4 is 44.8 Å². The van der Waals surface area contributed by atoms with Crippen LogP contribution in [-0.2, 0) is 10.0 Å². The monoisotopic (exact) mass is 471 g/mol. The molecule has 1 amide bonds. The van der Waals surface area contributed by atoms with Gasteiger partial charge in [0.05, 0.1) is 5.02 Å². The number of nitrogens with one attached hydrogen (secondary N) is 2. The summed E-state index contributed by atoms with van der Waals surface area (Å²) in [5.41, 5.74) is 0.757. The number of sulfonamides is 1. The highest BCUT2D eigenvalue weighted by Gasteiger charge is 2.19. The van der Waals surface area contributed by atoms with Crippen molar-refractivity contribution in [3.05, 3.63) is 58.1 Å². The summed E-state index contributed by atoms with van der Waals surface area (Å²) in [7, 11) is -3.91. The summed E-state index contributed by atoms with van der Waals surface area (Å²) in [6.07, 6.45) is 0. The summed E-state index contributed by atoms with van der Waals surface area (Å²) in [4.78, 5) is 14.5. The van der Waals surface area contributed by atoms with Crippen LogP contribution in [0.3, 0.4) is 0 Å². The number of halogens is 2. The Labute approximate surface area is 188 Å². The molecule has 2 aromatic carbocycles. The SMILES string of the molecule is CC(C)N(CCNC(=O)c1ccc(NS(=O)(=O)c2cc(Cl)ccc2Cl)cc1)C(C)C. The molecule has 0 atom stereocenters. The Kier molecular flexibility index (Phi) is 8.55. The standard InChI is InChI=1S/C21H27Cl2N3O3S/c1-14(2)26(15(3)4)12-11-24-21(27)16-5-8-18(9-6-16)25-30(28,29)20-13-17(22)7-10-19(20)23/h5-10,13-15,25H,11-12H2,1-4H3,(H,24,27). The summed E-state index contributed by atoms with van der Waals surface area (Å²) in [6.45, 7) is 9.77. The molecule has 0 aromatic heterocycles. The summed E-state index contributed by atoms with van der Waals surface area (Å²) in [5, 5.41) is 3.23. The van der Waals surface area contributed by atoms with Crippen molar-refractivity contribution in [1.82, 2.24) is 10.2 Å². The highest BCUT2D eigenvalue weighted by atomic mass is 35.5. The molecule has 6 nitrogen and oxygen atoms in total. The molecule has 2 N–H and O–H groups in total. The number of rotatable bonds is 9. The van der Waals surface area contributed by atoms with Gasteiger partial charge in [0, 0.05) is 41.4 Å². The van der Waals surface area contributed by atoms with Gasteiger partial charge in [0.2, 0.25) is 0 Å². The van der Waals surface area contributed by atoms with E-state index in [1.54, 1.807) is 12.1 Å². The fourth-order valence-corrected chi connectivity index (χ4v) is 4.92. The van der Waals surface area contributed by atoms with Gasteiger partial charge in [-0.15, -0.1) is 0 Å². The highest BCUT2D eigenvalue weighted by molar-refractivity contribution is 7.92. The van der Waals surface area contributed by atoms with Gasteiger partial charge >= 0.3 is 0 Å². The number of anilines is 1. The van der Waals surface area contributed by atoms with Gasteiger partial charge in [-0.2, -0.15) is 0 Å². The molecule has 0 radical (unpaired) electrons. The van der Waals surface area contributed by atoms with Crippen LogP contribution < -0.4 is 10.0 Å². The van der Waals surface area contributed by atoms with E-state index in [0.717, 1.165) is 6.54 Å². The van der Waals surface area contributed by atoms with Crippen LogP contribution in [-0.4, -0.2) is 44.4 Å². The second-order valence-electron chi connectivity index (χ2n) is 7.44. The van der Waals surface area contributed by atoms with Crippen LogP contribution in [0.25, 0.3) is 0 Å². The van der Waals surface area contributed by atoms with Crippen molar-refractivity contribution in [2.75, 3.05) is 17.8 Å². The summed E-state index contributed by atoms with van der Waals surface area (Å²) in [5.74, 6) is -0.213. The second kappa shape index (κ2) is 10.5. The van der Waals surface area contributed by atoms with E-state index in [1.807, 2.05) is 0 Å². The second-order valence-corrected chi connectivity index (χ2v) is 9.93. The van der Waals surface area contributed by atoms with Crippen molar-refractivity contribution in [1.29, 1.82) is 0 Å². The third kappa shape index (κ3) is 6.60. The van der Waals surface area contributed by atoms with Crippen molar-refractivity contribution in [3.8, 4) is 0 Å². The van der Waals surface area contributed by atoms with E-state index >= 15 is 0 Å². The van der Waals surface area contributed by atoms with Crippen LogP contribution in [0, 0.1) is 0 Å². The largest absolute Gasteiger partial charge is 0.351 e. The molecule has 0 spiro atoms. The Bertz CT molecular complexity index is 969. The van der Waals surface area contributed by atoms with E-state index in [0.29, 0.717) is 29.9 Å². The van der Waals surface area contributed by atoms with Gasteiger partial charge in [-0.25, -0.2) is 8.42 Å². The lowest BCUT2D eigenvalue weighted by Crippen LogP contribution is -2.42. The molecular weight excluding hydrogens is 445 g/mol. The average molecular weight is 472 g/mol. The minimum Gasteiger partial charge on any atom is -0.351 e. The molecule has 30 heavy (non-hydrogen) atoms. The van der Waals surface area contributed by atoms with Crippen molar-refractivity contribution < 1.29 is 13.2 Å². The molecule has 0 aliphatic carbocycles. The smallest absolute Gasteiger partial charge is 0.263 e. The predicted molar refractivity (Wildman–Crippen MR) is 123 cm³/mol. The number of hydrogen-bond acceptors (Lipinski definition) is 4. The quantitative estimate of drug-likeness (QED) is 0.557. The summed E-state index contributed by atoms with van der Waals surface area (Å²) < 4.78 is 27.6. The first-order valence-electron chi connectivity index (χ1n) is 9.63. The first-order chi connectivity index (χ1) is 14.0. The fourth-order valence-electron chi connectivity index (χ4n) is 3.10. The molecule has 9 heteroatoms. The molecule has 0 bridgehead atoms. The molecule has 164 valence electrons. The lowest BCUT2D eigenvalue weighted by molar-refractivity contribution is 0.0939. The zero-order valence-electron chi connectivity index (χ0n) is 17.4. The Hall–Kier alpha value is -1.80. The Morgan fingerprint density at radius 2 is 1.60 bits per heavy atom. The van der Waals surface area contributed by atoms with Crippen LogP contribution in [0.2, 0.25) is 10.0 Å². The van der Waals surface area contributed by atoms with E-state index in [4.69, 9.17) is 23.2 Å². The maximum atomic E-state index is 12.6. The molecule has 0 unspecified atom stereocenters. The normalized spacial score (nSPS) is 11.9. The first kappa shape index (κ1) is 24.5. The topological polar surface area (TPSA) is 78.5 Å². The zero-order chi connectivity index (χ0) is 22.5. The number of hydrogen-bond donors (Lipinski definition) is 2. The minimum absolute atomic E-state index is 0.0692. The van der Waals surface area contributed by atoms with Gasteiger partial charge in [-0.3, -0.25) is 14.4 Å². The fraction of sp³-hybridized carbons (Fsp3) is 0.381. The maximum absolute atomic E-state index is 12.6.